The summed E-state index contributed by atoms with van der Waals surface area (Å²) in [6.07, 6.45) is 1.42. The Labute approximate surface area is 177 Å². The minimum Gasteiger partial charge on any atom is -0.435 e. The van der Waals surface area contributed by atoms with Gasteiger partial charge in [0.25, 0.3) is 0 Å². The quantitative estimate of drug-likeness (QED) is 0.310. The van der Waals surface area contributed by atoms with Crippen molar-refractivity contribution in [2.24, 2.45) is 0 Å². The highest BCUT2D eigenvalue weighted by molar-refractivity contribution is 7.87. The molecule has 3 aromatic carbocycles. The first-order chi connectivity index (χ1) is 14.5. The van der Waals surface area contributed by atoms with Crippen LogP contribution in [0.2, 0.25) is 5.02 Å². The van der Waals surface area contributed by atoms with E-state index in [0.29, 0.717) is 21.7 Å². The van der Waals surface area contributed by atoms with E-state index in [1.165, 1.54) is 36.4 Å². The fourth-order valence-electron chi connectivity index (χ4n) is 2.75. The van der Waals surface area contributed by atoms with Crippen LogP contribution < -0.4 is 4.18 Å². The summed E-state index contributed by atoms with van der Waals surface area (Å²) in [5, 5.41) is 9.97. The number of benzene rings is 3. The average Bonchev–Trinajstić information content (AvgIpc) is 3.18. The van der Waals surface area contributed by atoms with Crippen molar-refractivity contribution in [2.75, 3.05) is 0 Å². The molecule has 4 rings (SSSR count). The number of fused-ring (bicyclic) bond motifs is 1. The van der Waals surface area contributed by atoms with Crippen LogP contribution in [0.4, 0.5) is 0 Å². The highest BCUT2D eigenvalue weighted by Gasteiger charge is 2.19. The number of halogens is 1. The van der Waals surface area contributed by atoms with Crippen LogP contribution in [0.25, 0.3) is 22.7 Å². The summed E-state index contributed by atoms with van der Waals surface area (Å²) in [6, 6.07) is 21.3. The van der Waals surface area contributed by atoms with Crippen molar-refractivity contribution in [2.45, 2.75) is 4.90 Å². The van der Waals surface area contributed by atoms with Crippen LogP contribution in [-0.4, -0.2) is 13.4 Å². The summed E-state index contributed by atoms with van der Waals surface area (Å²) in [7, 11) is -4.07. The Morgan fingerprint density at radius 1 is 1.07 bits per heavy atom. The molecule has 0 aliphatic heterocycles. The van der Waals surface area contributed by atoms with Gasteiger partial charge >= 0.3 is 10.1 Å². The van der Waals surface area contributed by atoms with E-state index >= 15 is 0 Å². The maximum Gasteiger partial charge on any atom is 0.339 e. The Balaban J connectivity index is 1.77. The Morgan fingerprint density at radius 2 is 1.80 bits per heavy atom. The Morgan fingerprint density at radius 3 is 2.53 bits per heavy atom. The van der Waals surface area contributed by atoms with Crippen LogP contribution in [0.3, 0.4) is 0 Å². The smallest absolute Gasteiger partial charge is 0.339 e. The lowest BCUT2D eigenvalue weighted by Crippen LogP contribution is -2.10. The number of para-hydroxylation sites is 2. The lowest BCUT2D eigenvalue weighted by Gasteiger charge is -2.10. The number of nitriles is 1. The average molecular weight is 437 g/mol. The van der Waals surface area contributed by atoms with Gasteiger partial charge in [-0.1, -0.05) is 41.9 Å². The second-order valence-corrected chi connectivity index (χ2v) is 8.17. The zero-order valence-electron chi connectivity index (χ0n) is 15.3. The first-order valence-corrected chi connectivity index (χ1v) is 10.5. The Bertz CT molecular complexity index is 1370. The third-order valence-corrected chi connectivity index (χ3v) is 5.63. The van der Waals surface area contributed by atoms with E-state index < -0.39 is 10.1 Å². The van der Waals surface area contributed by atoms with Crippen LogP contribution in [0.15, 0.2) is 82.1 Å². The largest absolute Gasteiger partial charge is 0.435 e. The highest BCUT2D eigenvalue weighted by Crippen LogP contribution is 2.30. The molecule has 0 fully saturated rings. The summed E-state index contributed by atoms with van der Waals surface area (Å²) in [5.74, 6) is 0.127. The number of nitrogens with zero attached hydrogens (tertiary/aromatic N) is 2. The van der Waals surface area contributed by atoms with Crippen LogP contribution in [0, 0.1) is 11.3 Å². The molecule has 0 saturated heterocycles. The van der Waals surface area contributed by atoms with E-state index in [1.807, 2.05) is 12.1 Å². The Hall–Kier alpha value is -3.60. The van der Waals surface area contributed by atoms with Gasteiger partial charge < -0.3 is 8.60 Å². The predicted octanol–water partition coefficient (Wildman–Crippen LogP) is 5.31. The predicted molar refractivity (Wildman–Crippen MR) is 113 cm³/mol. The van der Waals surface area contributed by atoms with E-state index in [9.17, 15) is 13.7 Å². The van der Waals surface area contributed by atoms with E-state index in [4.69, 9.17) is 20.2 Å². The van der Waals surface area contributed by atoms with Crippen molar-refractivity contribution in [1.82, 2.24) is 4.98 Å². The summed E-state index contributed by atoms with van der Waals surface area (Å²) in [5.41, 5.74) is 1.52. The second kappa shape index (κ2) is 8.03. The number of hydrogen-bond donors (Lipinski definition) is 0. The van der Waals surface area contributed by atoms with Gasteiger partial charge in [0.15, 0.2) is 5.58 Å². The number of allylic oxidation sites excluding steroid dienone is 1. The maximum absolute atomic E-state index is 12.6. The SMILES string of the molecule is N#C/C(=C\c1cc(Cl)ccc1OS(=O)(=O)c1ccccc1)c1nc2ccccc2o1. The molecule has 0 spiro atoms. The molecular weight excluding hydrogens is 424 g/mol. The van der Waals surface area contributed by atoms with Gasteiger partial charge in [-0.05, 0) is 48.5 Å². The minimum atomic E-state index is -4.07. The molecule has 0 amide bonds. The fourth-order valence-corrected chi connectivity index (χ4v) is 3.90. The molecule has 6 nitrogen and oxygen atoms in total. The molecule has 0 saturated carbocycles. The van der Waals surface area contributed by atoms with E-state index in [1.54, 1.807) is 36.4 Å². The van der Waals surface area contributed by atoms with Gasteiger partial charge in [-0.3, -0.25) is 0 Å². The normalized spacial score (nSPS) is 11.9. The topological polar surface area (TPSA) is 93.2 Å². The lowest BCUT2D eigenvalue weighted by molar-refractivity contribution is 0.485. The van der Waals surface area contributed by atoms with Crippen LogP contribution in [0.5, 0.6) is 5.75 Å². The maximum atomic E-state index is 12.6. The van der Waals surface area contributed by atoms with Crippen LogP contribution in [0.1, 0.15) is 11.5 Å². The van der Waals surface area contributed by atoms with Gasteiger partial charge in [0.05, 0.1) is 0 Å². The monoisotopic (exact) mass is 436 g/mol. The molecule has 0 aliphatic rings. The van der Waals surface area contributed by atoms with E-state index in [2.05, 4.69) is 4.98 Å². The van der Waals surface area contributed by atoms with Gasteiger partial charge in [-0.2, -0.15) is 13.7 Å². The third-order valence-electron chi connectivity index (χ3n) is 4.15. The highest BCUT2D eigenvalue weighted by atomic mass is 35.5. The summed E-state index contributed by atoms with van der Waals surface area (Å²) >= 11 is 6.09. The van der Waals surface area contributed by atoms with Gasteiger partial charge in [0, 0.05) is 10.6 Å². The zero-order valence-corrected chi connectivity index (χ0v) is 16.9. The van der Waals surface area contributed by atoms with E-state index in [0.717, 1.165) is 0 Å². The van der Waals surface area contributed by atoms with Crippen molar-refractivity contribution in [3.63, 3.8) is 0 Å². The standard InChI is InChI=1S/C22H13ClN2O4S/c23-17-10-11-20(29-30(26,27)18-6-2-1-3-7-18)15(13-17)12-16(14-24)22-25-19-8-4-5-9-21(19)28-22/h1-13H/b16-12+. The number of aromatic nitrogens is 1. The lowest BCUT2D eigenvalue weighted by atomic mass is 10.1. The first-order valence-electron chi connectivity index (χ1n) is 8.73. The molecule has 1 aromatic heterocycles. The van der Waals surface area contributed by atoms with Crippen molar-refractivity contribution < 1.29 is 17.0 Å². The molecule has 30 heavy (non-hydrogen) atoms. The van der Waals surface area contributed by atoms with Gasteiger partial charge in [-0.25, -0.2) is 4.98 Å². The molecule has 0 aliphatic carbocycles. The first kappa shape index (κ1) is 19.7. The van der Waals surface area contributed by atoms with Gasteiger partial charge in [-0.15, -0.1) is 0 Å². The van der Waals surface area contributed by atoms with E-state index in [-0.39, 0.29) is 22.1 Å². The molecule has 148 valence electrons. The van der Waals surface area contributed by atoms with Gasteiger partial charge in [0.2, 0.25) is 5.89 Å². The van der Waals surface area contributed by atoms with Crippen molar-refractivity contribution in [3.8, 4) is 11.8 Å². The second-order valence-electron chi connectivity index (χ2n) is 6.19. The molecule has 1 heterocycles. The van der Waals surface area contributed by atoms with Crippen molar-refractivity contribution in [1.29, 1.82) is 5.26 Å². The van der Waals surface area contributed by atoms with Gasteiger partial charge in [0.1, 0.15) is 27.8 Å². The number of rotatable bonds is 5. The van der Waals surface area contributed by atoms with Crippen molar-refractivity contribution in [3.05, 3.63) is 89.3 Å². The number of hydrogen-bond acceptors (Lipinski definition) is 6. The fraction of sp³-hybridized carbons (Fsp3) is 0. The molecule has 4 aromatic rings. The zero-order chi connectivity index (χ0) is 21.1. The summed E-state index contributed by atoms with van der Waals surface area (Å²) in [4.78, 5) is 4.31. The molecule has 0 radical (unpaired) electrons. The van der Waals surface area contributed by atoms with Crippen LogP contribution >= 0.6 is 11.6 Å². The molecule has 0 atom stereocenters. The summed E-state index contributed by atoms with van der Waals surface area (Å²) < 4.78 is 36.2. The third kappa shape index (κ3) is 4.06. The molecular formula is C22H13ClN2O4S. The van der Waals surface area contributed by atoms with Crippen molar-refractivity contribution >= 4 is 44.5 Å². The molecule has 8 heteroatoms. The van der Waals surface area contributed by atoms with Crippen LogP contribution in [-0.2, 0) is 10.1 Å². The minimum absolute atomic E-state index is 0.00865. The number of oxazole rings is 1. The summed E-state index contributed by atoms with van der Waals surface area (Å²) in [6.45, 7) is 0. The Kier molecular flexibility index (Phi) is 5.27. The molecule has 0 bridgehead atoms. The molecule has 0 unspecified atom stereocenters. The molecule has 0 N–H and O–H groups in total.